The molecule has 57 heavy (non-hydrogen) atoms. The second kappa shape index (κ2) is 19.6. The average Bonchev–Trinajstić information content (AvgIpc) is 3.86. The fraction of sp³-hybridized carbons (Fsp3) is 0.174. The van der Waals surface area contributed by atoms with E-state index in [0.29, 0.717) is 13.2 Å². The zero-order valence-electron chi connectivity index (χ0n) is 32.9. The van der Waals surface area contributed by atoms with Crippen LogP contribution >= 0.6 is 7.60 Å². The quantitative estimate of drug-likeness (QED) is 0.120. The van der Waals surface area contributed by atoms with Crippen LogP contribution in [0.15, 0.2) is 147 Å². The van der Waals surface area contributed by atoms with Crippen molar-refractivity contribution in [3.05, 3.63) is 174 Å². The fourth-order valence-corrected chi connectivity index (χ4v) is 7.62. The summed E-state index contributed by atoms with van der Waals surface area (Å²) in [5.74, 6) is 0.847. The van der Waals surface area contributed by atoms with Crippen molar-refractivity contribution < 1.29 is 18.3 Å². The summed E-state index contributed by atoms with van der Waals surface area (Å²) in [5.41, 5.74) is 11.6. The maximum absolute atomic E-state index is 12.6. The van der Waals surface area contributed by atoms with Gasteiger partial charge in [0.15, 0.2) is 0 Å². The number of benzene rings is 2. The van der Waals surface area contributed by atoms with Crippen LogP contribution in [0.4, 0.5) is 0 Å². The highest BCUT2D eigenvalue weighted by Crippen LogP contribution is 2.51. The maximum Gasteiger partial charge on any atom is 0.335 e. The van der Waals surface area contributed by atoms with Crippen LogP contribution < -0.4 is 4.74 Å². The van der Waals surface area contributed by atoms with E-state index in [2.05, 4.69) is 99.3 Å². The van der Waals surface area contributed by atoms with Crippen LogP contribution in [-0.2, 0) is 19.8 Å². The first kappa shape index (κ1) is 40.5. The third-order valence-corrected chi connectivity index (χ3v) is 10.8. The number of aryl methyl sites for hydroxylation is 2. The minimum atomic E-state index is -3.08. The molecule has 0 amide bonds. The highest BCUT2D eigenvalue weighted by molar-refractivity contribution is 7.53. The van der Waals surface area contributed by atoms with Crippen molar-refractivity contribution in [3.63, 3.8) is 0 Å². The molecule has 0 spiro atoms. The summed E-state index contributed by atoms with van der Waals surface area (Å²) in [6, 6.07) is 32.1. The topological polar surface area (TPSA) is 105 Å². The molecule has 0 aliphatic rings. The van der Waals surface area contributed by atoms with Gasteiger partial charge < -0.3 is 22.6 Å². The van der Waals surface area contributed by atoms with Gasteiger partial charge in [-0.15, -0.1) is 0 Å². The lowest BCUT2D eigenvalue weighted by Crippen LogP contribution is -1.99. The summed E-state index contributed by atoms with van der Waals surface area (Å²) in [5, 5.41) is 0. The molecule has 10 nitrogen and oxygen atoms in total. The molecule has 0 atom stereocenters. The highest BCUT2D eigenvalue weighted by atomic mass is 31.2. The fourth-order valence-electron chi connectivity index (χ4n) is 5.92. The second-order valence-electron chi connectivity index (χ2n) is 13.1. The first-order valence-corrected chi connectivity index (χ1v) is 20.5. The Kier molecular flexibility index (Phi) is 13.9. The first-order chi connectivity index (χ1) is 27.7. The van der Waals surface area contributed by atoms with Gasteiger partial charge in [0.1, 0.15) is 17.0 Å². The summed E-state index contributed by atoms with van der Waals surface area (Å²) in [6.07, 6.45) is 19.7. The van der Waals surface area contributed by atoms with E-state index in [4.69, 9.17) is 13.8 Å². The normalized spacial score (nSPS) is 11.2. The average molecular weight is 779 g/mol. The number of fused-ring (bicyclic) bond motifs is 2. The number of ether oxygens (including phenoxy) is 1. The van der Waals surface area contributed by atoms with E-state index >= 15 is 0 Å². The molecular formula is C46H47N6O4P. The second-order valence-corrected chi connectivity index (χ2v) is 15.2. The van der Waals surface area contributed by atoms with Gasteiger partial charge in [0.05, 0.1) is 37.9 Å². The van der Waals surface area contributed by atoms with E-state index in [-0.39, 0.29) is 6.16 Å². The summed E-state index contributed by atoms with van der Waals surface area (Å²) in [4.78, 5) is 17.2. The Morgan fingerprint density at radius 3 is 1.49 bits per heavy atom. The summed E-state index contributed by atoms with van der Waals surface area (Å²) < 4.78 is 32.3. The van der Waals surface area contributed by atoms with Gasteiger partial charge in [0.2, 0.25) is 0 Å². The minimum Gasteiger partial charge on any atom is -0.497 e. The Hall–Kier alpha value is -6.19. The van der Waals surface area contributed by atoms with Crippen LogP contribution in [0.3, 0.4) is 0 Å². The van der Waals surface area contributed by atoms with Gasteiger partial charge in [-0.3, -0.25) is 14.5 Å². The van der Waals surface area contributed by atoms with Gasteiger partial charge in [-0.2, -0.15) is 0 Å². The Bertz CT molecular complexity index is 2540. The predicted octanol–water partition coefficient (Wildman–Crippen LogP) is 11.0. The van der Waals surface area contributed by atoms with Gasteiger partial charge >= 0.3 is 7.60 Å². The van der Waals surface area contributed by atoms with Gasteiger partial charge in [-0.05, 0) is 91.9 Å². The third kappa shape index (κ3) is 11.4. The molecule has 0 aliphatic carbocycles. The SMILES string of the molecule is CCOP(=O)(Cc1ccc(-c2cn3cc(C)ccc3n2)cc1)OCC.COc1ccncc1.Cc1ccc2nc(-c3ccc(/C=C/c4ccncc4)cc3)cn2c1. The predicted molar refractivity (Wildman–Crippen MR) is 229 cm³/mol. The Labute approximate surface area is 334 Å². The molecule has 0 bridgehead atoms. The number of pyridine rings is 4. The van der Waals surface area contributed by atoms with Gasteiger partial charge in [-0.1, -0.05) is 72.8 Å². The van der Waals surface area contributed by atoms with Crippen molar-refractivity contribution in [1.82, 2.24) is 28.7 Å². The van der Waals surface area contributed by atoms with E-state index in [1.807, 2.05) is 79.0 Å². The van der Waals surface area contributed by atoms with Crippen molar-refractivity contribution in [1.29, 1.82) is 0 Å². The highest BCUT2D eigenvalue weighted by Gasteiger charge is 2.24. The van der Waals surface area contributed by atoms with Crippen LogP contribution in [0.2, 0.25) is 0 Å². The molecule has 8 aromatic rings. The Morgan fingerprint density at radius 1 is 0.579 bits per heavy atom. The maximum atomic E-state index is 12.6. The number of imidazole rings is 2. The molecule has 0 saturated carbocycles. The molecule has 0 unspecified atom stereocenters. The lowest BCUT2D eigenvalue weighted by molar-refractivity contribution is 0.219. The molecule has 11 heteroatoms. The third-order valence-electron chi connectivity index (χ3n) is 8.74. The molecule has 6 aromatic heterocycles. The van der Waals surface area contributed by atoms with Crippen LogP contribution in [0.25, 0.3) is 46.0 Å². The van der Waals surface area contributed by atoms with E-state index in [0.717, 1.165) is 56.2 Å². The number of nitrogens with zero attached hydrogens (tertiary/aromatic N) is 6. The van der Waals surface area contributed by atoms with Crippen molar-refractivity contribution in [2.75, 3.05) is 20.3 Å². The van der Waals surface area contributed by atoms with Crippen LogP contribution in [-0.4, -0.2) is 49.1 Å². The zero-order valence-corrected chi connectivity index (χ0v) is 33.8. The van der Waals surface area contributed by atoms with Crippen LogP contribution in [0, 0.1) is 13.8 Å². The summed E-state index contributed by atoms with van der Waals surface area (Å²) >= 11 is 0. The van der Waals surface area contributed by atoms with Crippen molar-refractivity contribution in [2.24, 2.45) is 0 Å². The molecule has 0 radical (unpaired) electrons. The van der Waals surface area contributed by atoms with Gasteiger partial charge in [0.25, 0.3) is 0 Å². The molecule has 6 heterocycles. The van der Waals surface area contributed by atoms with Crippen molar-refractivity contribution in [3.8, 4) is 28.3 Å². The molecule has 0 saturated heterocycles. The molecule has 2 aromatic carbocycles. The van der Waals surface area contributed by atoms with E-state index < -0.39 is 7.60 Å². The zero-order chi connectivity index (χ0) is 40.0. The standard InChI is InChI=1S/C21H17N3.C19H23N2O3P.C6H7NO/c1-16-2-9-21-23-20(15-24(21)14-16)19-7-5-17(6-8-19)3-4-18-10-12-22-13-11-18;1-4-23-25(22,24-5-2)14-16-7-9-17(10-8-16)18-13-21-12-15(3)6-11-19(21)20-18;1-8-6-2-4-7-5-3-6/h2-15H,1H3;6-13H,4-5,14H2,1-3H3;2-5H,1H3/b4-3+;;. The van der Waals surface area contributed by atoms with Crippen LogP contribution in [0.1, 0.15) is 41.7 Å². The molecular weight excluding hydrogens is 732 g/mol. The number of methoxy groups -OCH3 is 1. The lowest BCUT2D eigenvalue weighted by Gasteiger charge is -2.17. The van der Waals surface area contributed by atoms with Crippen LogP contribution in [0.5, 0.6) is 5.75 Å². The van der Waals surface area contributed by atoms with E-state index in [1.165, 1.54) is 11.1 Å². The summed E-state index contributed by atoms with van der Waals surface area (Å²) in [7, 11) is -1.44. The molecule has 0 fully saturated rings. The Morgan fingerprint density at radius 2 is 1.04 bits per heavy atom. The largest absolute Gasteiger partial charge is 0.497 e. The lowest BCUT2D eigenvalue weighted by atomic mass is 10.1. The van der Waals surface area contributed by atoms with E-state index in [1.54, 1.807) is 44.0 Å². The smallest absolute Gasteiger partial charge is 0.335 e. The van der Waals surface area contributed by atoms with Crippen molar-refractivity contribution >= 4 is 31.0 Å². The number of rotatable bonds is 11. The molecule has 8 rings (SSSR count). The van der Waals surface area contributed by atoms with Crippen molar-refractivity contribution in [2.45, 2.75) is 33.9 Å². The minimum absolute atomic E-state index is 0.277. The molecule has 0 N–H and O–H groups in total. The first-order valence-electron chi connectivity index (χ1n) is 18.7. The van der Waals surface area contributed by atoms with Gasteiger partial charge in [0, 0.05) is 60.7 Å². The molecule has 0 aliphatic heterocycles. The summed E-state index contributed by atoms with van der Waals surface area (Å²) in [6.45, 7) is 8.53. The molecule has 290 valence electrons. The monoisotopic (exact) mass is 778 g/mol. The number of hydrogen-bond donors (Lipinski definition) is 0. The number of hydrogen-bond acceptors (Lipinski definition) is 8. The van der Waals surface area contributed by atoms with E-state index in [9.17, 15) is 4.57 Å². The Balaban J connectivity index is 0.000000162. The van der Waals surface area contributed by atoms with Gasteiger partial charge in [-0.25, -0.2) is 9.97 Å². The number of aromatic nitrogens is 6.